The van der Waals surface area contributed by atoms with Crippen LogP contribution in [-0.2, 0) is 10.0 Å². The summed E-state index contributed by atoms with van der Waals surface area (Å²) in [5.41, 5.74) is 7.00. The van der Waals surface area contributed by atoms with Crippen LogP contribution >= 0.6 is 23.2 Å². The highest BCUT2D eigenvalue weighted by atomic mass is 35.5. The Hall–Kier alpha value is -1.11. The highest BCUT2D eigenvalue weighted by molar-refractivity contribution is 7.89. The molecule has 2 N–H and O–H groups in total. The molecule has 0 unspecified atom stereocenters. The number of halogens is 2. The molecule has 4 nitrogen and oxygen atoms in total. The van der Waals surface area contributed by atoms with Gasteiger partial charge < -0.3 is 5.73 Å². The largest absolute Gasteiger partial charge is 0.330 e. The van der Waals surface area contributed by atoms with E-state index in [2.05, 4.69) is 0 Å². The van der Waals surface area contributed by atoms with E-state index in [-0.39, 0.29) is 21.8 Å². The molecule has 2 aromatic rings. The molecule has 24 heavy (non-hydrogen) atoms. The van der Waals surface area contributed by atoms with E-state index >= 15 is 0 Å². The van der Waals surface area contributed by atoms with Gasteiger partial charge in [-0.3, -0.25) is 0 Å². The first-order valence-electron chi connectivity index (χ1n) is 7.63. The summed E-state index contributed by atoms with van der Waals surface area (Å²) in [4.78, 5) is 0.154. The molecular weight excluding hydrogens is 367 g/mol. The number of rotatable bonds is 4. The Kier molecular flexibility index (Phi) is 5.18. The SMILES string of the molecule is NC[C@@H]1CN(S(=O)(=O)c2ccc(Cl)c(Cl)c2)C[C@H]1c1ccccc1. The highest BCUT2D eigenvalue weighted by Gasteiger charge is 2.39. The summed E-state index contributed by atoms with van der Waals surface area (Å²) in [5.74, 6) is 0.179. The van der Waals surface area contributed by atoms with Crippen LogP contribution in [0.3, 0.4) is 0 Å². The number of hydrogen-bond donors (Lipinski definition) is 1. The zero-order valence-electron chi connectivity index (χ0n) is 12.9. The van der Waals surface area contributed by atoms with Gasteiger partial charge in [-0.1, -0.05) is 53.5 Å². The lowest BCUT2D eigenvalue weighted by Gasteiger charge is -2.17. The molecular formula is C17H18Cl2N2O2S. The van der Waals surface area contributed by atoms with Crippen molar-refractivity contribution in [3.8, 4) is 0 Å². The summed E-state index contributed by atoms with van der Waals surface area (Å²) < 4.78 is 27.3. The molecule has 2 atom stereocenters. The lowest BCUT2D eigenvalue weighted by atomic mass is 9.89. The normalized spacial score (nSPS) is 22.0. The van der Waals surface area contributed by atoms with E-state index < -0.39 is 10.0 Å². The molecule has 7 heteroatoms. The lowest BCUT2D eigenvalue weighted by Crippen LogP contribution is -2.30. The fourth-order valence-electron chi connectivity index (χ4n) is 3.13. The molecule has 0 bridgehead atoms. The average molecular weight is 385 g/mol. The quantitative estimate of drug-likeness (QED) is 0.878. The zero-order chi connectivity index (χ0) is 17.3. The molecule has 1 aliphatic heterocycles. The van der Waals surface area contributed by atoms with Crippen LogP contribution in [-0.4, -0.2) is 32.4 Å². The van der Waals surface area contributed by atoms with Crippen LogP contribution < -0.4 is 5.73 Å². The van der Waals surface area contributed by atoms with Crippen molar-refractivity contribution in [1.29, 1.82) is 0 Å². The Bertz CT molecular complexity index is 828. The monoisotopic (exact) mass is 384 g/mol. The molecule has 0 aliphatic carbocycles. The minimum Gasteiger partial charge on any atom is -0.330 e. The second kappa shape index (κ2) is 7.02. The maximum absolute atomic E-state index is 12.9. The Balaban J connectivity index is 1.91. The first kappa shape index (κ1) is 17.7. The van der Waals surface area contributed by atoms with E-state index in [4.69, 9.17) is 28.9 Å². The van der Waals surface area contributed by atoms with E-state index in [0.29, 0.717) is 24.7 Å². The summed E-state index contributed by atoms with van der Waals surface area (Å²) in [7, 11) is -3.63. The molecule has 3 rings (SSSR count). The predicted octanol–water partition coefficient (Wildman–Crippen LogP) is 3.36. The van der Waals surface area contributed by atoms with Gasteiger partial charge in [-0.05, 0) is 36.2 Å². The Morgan fingerprint density at radius 2 is 1.75 bits per heavy atom. The van der Waals surface area contributed by atoms with Crippen LogP contribution in [0.5, 0.6) is 0 Å². The van der Waals surface area contributed by atoms with Gasteiger partial charge in [0.2, 0.25) is 10.0 Å². The van der Waals surface area contributed by atoms with Crippen LogP contribution in [0.4, 0.5) is 0 Å². The smallest absolute Gasteiger partial charge is 0.243 e. The predicted molar refractivity (Wildman–Crippen MR) is 96.9 cm³/mol. The molecule has 1 aliphatic rings. The van der Waals surface area contributed by atoms with Crippen LogP contribution in [0.1, 0.15) is 11.5 Å². The van der Waals surface area contributed by atoms with E-state index in [9.17, 15) is 8.42 Å². The average Bonchev–Trinajstić information content (AvgIpc) is 3.03. The zero-order valence-corrected chi connectivity index (χ0v) is 15.2. The summed E-state index contributed by atoms with van der Waals surface area (Å²) in [6.45, 7) is 1.25. The van der Waals surface area contributed by atoms with Crippen molar-refractivity contribution in [2.24, 2.45) is 11.7 Å². The number of benzene rings is 2. The minimum absolute atomic E-state index is 0.0879. The molecule has 1 heterocycles. The standard InChI is InChI=1S/C17H18Cl2N2O2S/c18-16-7-6-14(8-17(16)19)24(22,23)21-10-13(9-20)15(11-21)12-4-2-1-3-5-12/h1-8,13,15H,9-11,20H2/t13-,15+/m1/s1. The van der Waals surface area contributed by atoms with Crippen LogP contribution in [0.25, 0.3) is 0 Å². The van der Waals surface area contributed by atoms with E-state index in [1.165, 1.54) is 22.5 Å². The van der Waals surface area contributed by atoms with E-state index in [0.717, 1.165) is 5.56 Å². The highest BCUT2D eigenvalue weighted by Crippen LogP contribution is 2.36. The second-order valence-corrected chi connectivity index (χ2v) is 8.66. The summed E-state index contributed by atoms with van der Waals surface area (Å²) in [5, 5.41) is 0.561. The molecule has 0 radical (unpaired) electrons. The number of nitrogens with two attached hydrogens (primary N) is 1. The van der Waals surface area contributed by atoms with Gasteiger partial charge >= 0.3 is 0 Å². The summed E-state index contributed by atoms with van der Waals surface area (Å²) >= 11 is 11.9. The van der Waals surface area contributed by atoms with Crippen molar-refractivity contribution >= 4 is 33.2 Å². The summed E-state index contributed by atoms with van der Waals surface area (Å²) in [6.07, 6.45) is 0. The first-order valence-corrected chi connectivity index (χ1v) is 9.83. The van der Waals surface area contributed by atoms with Gasteiger partial charge in [0, 0.05) is 19.0 Å². The molecule has 1 saturated heterocycles. The Morgan fingerprint density at radius 1 is 1.04 bits per heavy atom. The molecule has 0 spiro atoms. The third kappa shape index (κ3) is 3.32. The van der Waals surface area contributed by atoms with Crippen LogP contribution in [0.15, 0.2) is 53.4 Å². The maximum atomic E-state index is 12.9. The van der Waals surface area contributed by atoms with Gasteiger partial charge in [-0.15, -0.1) is 0 Å². The number of hydrogen-bond acceptors (Lipinski definition) is 3. The topological polar surface area (TPSA) is 63.4 Å². The molecule has 0 saturated carbocycles. The Labute approximate surface area is 152 Å². The van der Waals surface area contributed by atoms with Crippen LogP contribution in [0.2, 0.25) is 10.0 Å². The van der Waals surface area contributed by atoms with Crippen LogP contribution in [0, 0.1) is 5.92 Å². The fraction of sp³-hybridized carbons (Fsp3) is 0.294. The Morgan fingerprint density at radius 3 is 2.38 bits per heavy atom. The van der Waals surface area contributed by atoms with Crippen molar-refractivity contribution in [3.05, 3.63) is 64.1 Å². The molecule has 0 amide bonds. The van der Waals surface area contributed by atoms with Crippen molar-refractivity contribution in [2.45, 2.75) is 10.8 Å². The maximum Gasteiger partial charge on any atom is 0.243 e. The molecule has 128 valence electrons. The second-order valence-electron chi connectivity index (χ2n) is 5.91. The van der Waals surface area contributed by atoms with Gasteiger partial charge in [0.15, 0.2) is 0 Å². The van der Waals surface area contributed by atoms with E-state index in [1.54, 1.807) is 0 Å². The third-order valence-electron chi connectivity index (χ3n) is 4.47. The van der Waals surface area contributed by atoms with Gasteiger partial charge in [-0.2, -0.15) is 4.31 Å². The van der Waals surface area contributed by atoms with Crippen molar-refractivity contribution in [1.82, 2.24) is 4.31 Å². The fourth-order valence-corrected chi connectivity index (χ4v) is 5.04. The van der Waals surface area contributed by atoms with Crippen molar-refractivity contribution in [2.75, 3.05) is 19.6 Å². The van der Waals surface area contributed by atoms with Crippen molar-refractivity contribution in [3.63, 3.8) is 0 Å². The minimum atomic E-state index is -3.63. The van der Waals surface area contributed by atoms with Gasteiger partial charge in [0.25, 0.3) is 0 Å². The van der Waals surface area contributed by atoms with Gasteiger partial charge in [-0.25, -0.2) is 8.42 Å². The van der Waals surface area contributed by atoms with Gasteiger partial charge in [0.1, 0.15) is 0 Å². The molecule has 1 fully saturated rings. The number of sulfonamides is 1. The summed E-state index contributed by atoms with van der Waals surface area (Å²) in [6, 6.07) is 14.3. The van der Waals surface area contributed by atoms with E-state index in [1.807, 2.05) is 30.3 Å². The van der Waals surface area contributed by atoms with Gasteiger partial charge in [0.05, 0.1) is 14.9 Å². The lowest BCUT2D eigenvalue weighted by molar-refractivity contribution is 0.459. The molecule has 2 aromatic carbocycles. The first-order chi connectivity index (χ1) is 11.4. The van der Waals surface area contributed by atoms with Crippen molar-refractivity contribution < 1.29 is 8.42 Å². The number of nitrogens with zero attached hydrogens (tertiary/aromatic N) is 1. The molecule has 0 aromatic heterocycles. The third-order valence-corrected chi connectivity index (χ3v) is 7.03.